The quantitative estimate of drug-likeness (QED) is 0.468. The first-order valence-electron chi connectivity index (χ1n) is 10.2. The van der Waals surface area contributed by atoms with Gasteiger partial charge in [-0.2, -0.15) is 0 Å². The number of carbonyl (C=O) groups is 1. The first-order chi connectivity index (χ1) is 15.7. The number of allylic oxidation sites excluding steroid dienone is 5. The molecule has 33 heavy (non-hydrogen) atoms. The summed E-state index contributed by atoms with van der Waals surface area (Å²) >= 11 is 0. The van der Waals surface area contributed by atoms with Crippen molar-refractivity contribution < 1.29 is 18.0 Å². The van der Waals surface area contributed by atoms with Crippen molar-refractivity contribution in [2.75, 3.05) is 0 Å². The maximum atomic E-state index is 13.2. The Morgan fingerprint density at radius 2 is 1.94 bits per heavy atom. The zero-order valence-electron chi connectivity index (χ0n) is 18.2. The molecule has 0 aliphatic carbocycles. The number of pyridine rings is 1. The van der Waals surface area contributed by atoms with Gasteiger partial charge in [0, 0.05) is 31.1 Å². The van der Waals surface area contributed by atoms with Gasteiger partial charge in [0.2, 0.25) is 12.3 Å². The van der Waals surface area contributed by atoms with Gasteiger partial charge in [-0.3, -0.25) is 9.59 Å². The van der Waals surface area contributed by atoms with Crippen LogP contribution in [0.15, 0.2) is 77.9 Å². The summed E-state index contributed by atoms with van der Waals surface area (Å²) in [7, 11) is 1.66. The van der Waals surface area contributed by atoms with E-state index >= 15 is 0 Å². The normalized spacial score (nSPS) is 13.4. The topological polar surface area (TPSA) is 66.9 Å². The van der Waals surface area contributed by atoms with Crippen LogP contribution in [0.2, 0.25) is 0 Å². The molecule has 0 bridgehead atoms. The lowest BCUT2D eigenvalue weighted by Crippen LogP contribution is -2.29. The van der Waals surface area contributed by atoms with Crippen LogP contribution in [0, 0.1) is 5.82 Å². The van der Waals surface area contributed by atoms with E-state index in [0.29, 0.717) is 33.4 Å². The second-order valence-corrected chi connectivity index (χ2v) is 7.65. The molecule has 1 atom stereocenters. The van der Waals surface area contributed by atoms with Crippen LogP contribution in [0.1, 0.15) is 30.5 Å². The third-order valence-electron chi connectivity index (χ3n) is 5.17. The van der Waals surface area contributed by atoms with Crippen LogP contribution in [0.3, 0.4) is 0 Å². The van der Waals surface area contributed by atoms with E-state index in [1.54, 1.807) is 50.5 Å². The molecule has 2 heterocycles. The predicted octanol–water partition coefficient (Wildman–Crippen LogP) is 5.03. The first kappa shape index (κ1) is 23.8. The van der Waals surface area contributed by atoms with Crippen LogP contribution in [-0.4, -0.2) is 21.9 Å². The van der Waals surface area contributed by atoms with Gasteiger partial charge in [-0.25, -0.2) is 13.2 Å². The largest absolute Gasteiger partial charge is 0.354 e. The minimum atomic E-state index is -2.71. The highest BCUT2D eigenvalue weighted by Gasteiger charge is 2.25. The Labute approximate surface area is 188 Å². The number of hydrogen-bond acceptors (Lipinski definition) is 2. The highest BCUT2D eigenvalue weighted by Crippen LogP contribution is 2.25. The summed E-state index contributed by atoms with van der Waals surface area (Å²) in [6, 6.07) is 8.41. The van der Waals surface area contributed by atoms with Crippen LogP contribution in [0.25, 0.3) is 16.5 Å². The van der Waals surface area contributed by atoms with Gasteiger partial charge in [-0.1, -0.05) is 30.9 Å². The van der Waals surface area contributed by atoms with Crippen molar-refractivity contribution in [3.8, 4) is 0 Å². The molecule has 0 saturated heterocycles. The molecule has 3 rings (SSSR count). The van der Waals surface area contributed by atoms with E-state index in [1.807, 2.05) is 0 Å². The van der Waals surface area contributed by atoms with E-state index in [2.05, 4.69) is 16.9 Å². The number of amides is 1. The molecule has 172 valence electrons. The lowest BCUT2D eigenvalue weighted by Gasteiger charge is -2.17. The molecule has 0 fully saturated rings. The standard InChI is InChI=1S/C25H24F3N3O2/c1-4-5-17(22-13-20-21(30-22)10-11-31(3)25(20)33)12-15(2)29-24(32)19(14-23(27)28)16-6-8-18(26)9-7-16/h4-13,19,23,30H,1,14H2,2-3H3,(H,29,32)/b15-12+,17-5+. The minimum Gasteiger partial charge on any atom is -0.354 e. The van der Waals surface area contributed by atoms with Crippen molar-refractivity contribution in [1.82, 2.24) is 14.9 Å². The summed E-state index contributed by atoms with van der Waals surface area (Å²) in [6.45, 7) is 5.33. The molecule has 0 saturated carbocycles. The third kappa shape index (κ3) is 5.71. The highest BCUT2D eigenvalue weighted by atomic mass is 19.3. The second-order valence-electron chi connectivity index (χ2n) is 7.65. The maximum Gasteiger partial charge on any atom is 0.259 e. The Kier molecular flexibility index (Phi) is 7.37. The summed E-state index contributed by atoms with van der Waals surface area (Å²) in [4.78, 5) is 28.3. The lowest BCUT2D eigenvalue weighted by atomic mass is 9.94. The van der Waals surface area contributed by atoms with Crippen molar-refractivity contribution >= 4 is 22.4 Å². The molecule has 0 radical (unpaired) electrons. The van der Waals surface area contributed by atoms with E-state index in [4.69, 9.17) is 0 Å². The number of aromatic amines is 1. The van der Waals surface area contributed by atoms with E-state index in [0.717, 1.165) is 12.1 Å². The van der Waals surface area contributed by atoms with Gasteiger partial charge in [0.15, 0.2) is 0 Å². The highest BCUT2D eigenvalue weighted by molar-refractivity contribution is 5.88. The fourth-order valence-electron chi connectivity index (χ4n) is 3.54. The monoisotopic (exact) mass is 455 g/mol. The summed E-state index contributed by atoms with van der Waals surface area (Å²) in [5, 5.41) is 3.16. The molecule has 1 aromatic carbocycles. The predicted molar refractivity (Wildman–Crippen MR) is 123 cm³/mol. The molecule has 2 aromatic heterocycles. The van der Waals surface area contributed by atoms with Gasteiger partial charge in [0.1, 0.15) is 5.82 Å². The molecule has 0 spiro atoms. The second kappa shape index (κ2) is 10.2. The molecule has 1 unspecified atom stereocenters. The Balaban J connectivity index is 1.88. The Bertz CT molecular complexity index is 1280. The zero-order valence-corrected chi connectivity index (χ0v) is 18.2. The number of rotatable bonds is 8. The number of aryl methyl sites for hydroxylation is 1. The maximum absolute atomic E-state index is 13.2. The minimum absolute atomic E-state index is 0.156. The Morgan fingerprint density at radius 3 is 2.58 bits per heavy atom. The van der Waals surface area contributed by atoms with Crippen molar-refractivity contribution in [1.29, 1.82) is 0 Å². The molecule has 0 aliphatic heterocycles. The van der Waals surface area contributed by atoms with Gasteiger partial charge in [0.05, 0.1) is 16.8 Å². The number of benzene rings is 1. The van der Waals surface area contributed by atoms with Crippen molar-refractivity contribution in [2.24, 2.45) is 7.05 Å². The smallest absolute Gasteiger partial charge is 0.259 e. The number of hydrogen-bond donors (Lipinski definition) is 2. The van der Waals surface area contributed by atoms with Crippen molar-refractivity contribution in [2.45, 2.75) is 25.7 Å². The molecule has 5 nitrogen and oxygen atoms in total. The fraction of sp³-hybridized carbons (Fsp3) is 0.200. The number of nitrogens with zero attached hydrogens (tertiary/aromatic N) is 1. The summed E-state index contributed by atoms with van der Waals surface area (Å²) in [6.07, 6.45) is 3.16. The van der Waals surface area contributed by atoms with Crippen LogP contribution in [0.5, 0.6) is 0 Å². The molecule has 0 aliphatic rings. The fourth-order valence-corrected chi connectivity index (χ4v) is 3.54. The zero-order chi connectivity index (χ0) is 24.1. The Hall–Kier alpha value is -3.81. The average molecular weight is 455 g/mol. The number of carbonyl (C=O) groups excluding carboxylic acids is 1. The average Bonchev–Trinajstić information content (AvgIpc) is 3.20. The van der Waals surface area contributed by atoms with E-state index in [-0.39, 0.29) is 5.56 Å². The molecule has 8 heteroatoms. The van der Waals surface area contributed by atoms with Gasteiger partial charge in [-0.15, -0.1) is 0 Å². The van der Waals surface area contributed by atoms with Gasteiger partial charge < -0.3 is 14.9 Å². The van der Waals surface area contributed by atoms with Crippen LogP contribution in [0.4, 0.5) is 13.2 Å². The Morgan fingerprint density at radius 1 is 1.24 bits per heavy atom. The van der Waals surface area contributed by atoms with Crippen molar-refractivity contribution in [3.63, 3.8) is 0 Å². The SMILES string of the molecule is C=C/C=C(\C=C(/C)NC(=O)C(CC(F)F)c1ccc(F)cc1)c1cc2c(=O)n(C)ccc2[nH]1. The number of alkyl halides is 2. The van der Waals surface area contributed by atoms with E-state index in [9.17, 15) is 22.8 Å². The number of halogens is 3. The molecule has 3 aromatic rings. The number of fused-ring (bicyclic) bond motifs is 1. The number of nitrogens with one attached hydrogen (secondary N) is 2. The van der Waals surface area contributed by atoms with Crippen LogP contribution < -0.4 is 10.9 Å². The summed E-state index contributed by atoms with van der Waals surface area (Å²) in [5.41, 5.74) is 2.47. The molecular formula is C25H24F3N3O2. The van der Waals surface area contributed by atoms with E-state index < -0.39 is 30.5 Å². The lowest BCUT2D eigenvalue weighted by molar-refractivity contribution is -0.122. The molecule has 2 N–H and O–H groups in total. The van der Waals surface area contributed by atoms with Crippen LogP contribution >= 0.6 is 0 Å². The van der Waals surface area contributed by atoms with Crippen LogP contribution in [-0.2, 0) is 11.8 Å². The molecule has 1 amide bonds. The first-order valence-corrected chi connectivity index (χ1v) is 10.2. The van der Waals surface area contributed by atoms with Gasteiger partial charge in [-0.05, 0) is 48.4 Å². The van der Waals surface area contributed by atoms with Crippen molar-refractivity contribution in [3.05, 3.63) is 101 Å². The summed E-state index contributed by atoms with van der Waals surface area (Å²) in [5.74, 6) is -2.28. The van der Waals surface area contributed by atoms with Gasteiger partial charge >= 0.3 is 0 Å². The number of H-pyrrole nitrogens is 1. The van der Waals surface area contributed by atoms with Gasteiger partial charge in [0.25, 0.3) is 5.56 Å². The summed E-state index contributed by atoms with van der Waals surface area (Å²) < 4.78 is 40.9. The third-order valence-corrected chi connectivity index (χ3v) is 5.17. The van der Waals surface area contributed by atoms with E-state index in [1.165, 1.54) is 16.7 Å². The number of aromatic nitrogens is 2. The molecular weight excluding hydrogens is 431 g/mol.